The lowest BCUT2D eigenvalue weighted by Crippen LogP contribution is -2.20. The first kappa shape index (κ1) is 14.2. The minimum Gasteiger partial charge on any atom is -0.381 e. The second-order valence-electron chi connectivity index (χ2n) is 5.13. The van der Waals surface area contributed by atoms with Crippen LogP contribution in [0.4, 0.5) is 5.69 Å². The number of hydrogen-bond acceptors (Lipinski definition) is 4. The summed E-state index contributed by atoms with van der Waals surface area (Å²) in [5.41, 5.74) is 2.49. The molecule has 1 atom stereocenters. The minimum absolute atomic E-state index is 0.0532. The number of carbonyl (C=O) groups excluding carboxylic acids is 1. The summed E-state index contributed by atoms with van der Waals surface area (Å²) in [6.45, 7) is 2.14. The predicted molar refractivity (Wildman–Crippen MR) is 81.9 cm³/mol. The van der Waals surface area contributed by atoms with Crippen LogP contribution in [0.15, 0.2) is 18.2 Å². The predicted octanol–water partition coefficient (Wildman–Crippen LogP) is 2.22. The van der Waals surface area contributed by atoms with Crippen molar-refractivity contribution >= 4 is 34.8 Å². The number of nitrogens with one attached hydrogen (secondary N) is 3. The zero-order chi connectivity index (χ0) is 14.7. The van der Waals surface area contributed by atoms with Gasteiger partial charge in [0, 0.05) is 18.2 Å². The molecule has 0 spiro atoms. The molecule has 3 N–H and O–H groups in total. The Bertz CT molecular complexity index is 688. The molecule has 0 radical (unpaired) electrons. The van der Waals surface area contributed by atoms with Crippen LogP contribution in [0.5, 0.6) is 0 Å². The zero-order valence-corrected chi connectivity index (χ0v) is 12.3. The molecule has 21 heavy (non-hydrogen) atoms. The van der Waals surface area contributed by atoms with Crippen LogP contribution in [0.2, 0.25) is 0 Å². The van der Waals surface area contributed by atoms with Crippen LogP contribution in [0.3, 0.4) is 0 Å². The standard InChI is InChI=1S/C14H17N3O3S/c18-13(8-20-7-9-3-4-19-6-9)15-10-1-2-11-12(5-10)17-14(21)16-11/h1-2,5,9H,3-4,6-8H2,(H,15,18)(H2,16,17,21)/t9-/m0/s1. The summed E-state index contributed by atoms with van der Waals surface area (Å²) < 4.78 is 11.2. The number of ether oxygens (including phenoxy) is 2. The summed E-state index contributed by atoms with van der Waals surface area (Å²) in [5, 5.41) is 2.81. The summed E-state index contributed by atoms with van der Waals surface area (Å²) >= 11 is 5.03. The van der Waals surface area contributed by atoms with E-state index in [2.05, 4.69) is 15.3 Å². The molecule has 1 amide bonds. The van der Waals surface area contributed by atoms with Crippen molar-refractivity contribution < 1.29 is 14.3 Å². The molecule has 2 heterocycles. The number of fused-ring (bicyclic) bond motifs is 1. The third-order valence-electron chi connectivity index (χ3n) is 3.41. The third-order valence-corrected chi connectivity index (χ3v) is 3.61. The summed E-state index contributed by atoms with van der Waals surface area (Å²) in [6, 6.07) is 5.53. The highest BCUT2D eigenvalue weighted by molar-refractivity contribution is 7.71. The fraction of sp³-hybridized carbons (Fsp3) is 0.429. The molecule has 1 aliphatic rings. The van der Waals surface area contributed by atoms with Crippen molar-refractivity contribution in [1.29, 1.82) is 0 Å². The molecule has 2 aromatic rings. The molecule has 3 rings (SSSR count). The van der Waals surface area contributed by atoms with E-state index in [1.165, 1.54) is 0 Å². The molecule has 0 bridgehead atoms. The van der Waals surface area contributed by atoms with Crippen molar-refractivity contribution in [3.8, 4) is 0 Å². The molecule has 1 saturated heterocycles. The number of anilines is 1. The Balaban J connectivity index is 1.51. The van der Waals surface area contributed by atoms with E-state index in [1.807, 2.05) is 18.2 Å². The van der Waals surface area contributed by atoms with Gasteiger partial charge in [0.1, 0.15) is 6.61 Å². The second-order valence-corrected chi connectivity index (χ2v) is 5.54. The lowest BCUT2D eigenvalue weighted by molar-refractivity contribution is -0.121. The Hall–Kier alpha value is -1.70. The fourth-order valence-corrected chi connectivity index (χ4v) is 2.56. The SMILES string of the molecule is O=C(COC[C@H]1CCOC1)Nc1ccc2[nH]c(=S)[nH]c2c1. The van der Waals surface area contributed by atoms with Crippen molar-refractivity contribution in [3.05, 3.63) is 23.0 Å². The van der Waals surface area contributed by atoms with Gasteiger partial charge in [-0.2, -0.15) is 0 Å². The van der Waals surface area contributed by atoms with Gasteiger partial charge in [-0.1, -0.05) is 0 Å². The number of carbonyl (C=O) groups is 1. The summed E-state index contributed by atoms with van der Waals surface area (Å²) in [6.07, 6.45) is 1.00. The van der Waals surface area contributed by atoms with Gasteiger partial charge in [0.15, 0.2) is 4.77 Å². The van der Waals surface area contributed by atoms with Crippen LogP contribution in [0.25, 0.3) is 11.0 Å². The van der Waals surface area contributed by atoms with Crippen molar-refractivity contribution in [2.75, 3.05) is 31.7 Å². The highest BCUT2D eigenvalue weighted by atomic mass is 32.1. The first-order valence-electron chi connectivity index (χ1n) is 6.88. The van der Waals surface area contributed by atoms with Crippen molar-refractivity contribution in [1.82, 2.24) is 9.97 Å². The number of H-pyrrole nitrogens is 2. The molecule has 0 saturated carbocycles. The van der Waals surface area contributed by atoms with E-state index in [4.69, 9.17) is 21.7 Å². The molecule has 1 aromatic heterocycles. The number of rotatable bonds is 5. The third kappa shape index (κ3) is 3.69. The highest BCUT2D eigenvalue weighted by Gasteiger charge is 2.16. The van der Waals surface area contributed by atoms with E-state index in [1.54, 1.807) is 0 Å². The molecule has 1 aliphatic heterocycles. The van der Waals surface area contributed by atoms with E-state index in [-0.39, 0.29) is 12.5 Å². The van der Waals surface area contributed by atoms with Gasteiger partial charge in [0.25, 0.3) is 0 Å². The van der Waals surface area contributed by atoms with Crippen LogP contribution < -0.4 is 5.32 Å². The molecule has 1 fully saturated rings. The Labute approximate surface area is 126 Å². The average molecular weight is 307 g/mol. The summed E-state index contributed by atoms with van der Waals surface area (Å²) in [7, 11) is 0. The van der Waals surface area contributed by atoms with Gasteiger partial charge in [0.2, 0.25) is 5.91 Å². The zero-order valence-electron chi connectivity index (χ0n) is 11.5. The van der Waals surface area contributed by atoms with E-state index < -0.39 is 0 Å². The van der Waals surface area contributed by atoms with E-state index in [0.29, 0.717) is 23.0 Å². The number of amides is 1. The number of hydrogen-bond donors (Lipinski definition) is 3. The first-order valence-corrected chi connectivity index (χ1v) is 7.29. The topological polar surface area (TPSA) is 79.1 Å². The van der Waals surface area contributed by atoms with Crippen molar-refractivity contribution in [3.63, 3.8) is 0 Å². The van der Waals surface area contributed by atoms with E-state index in [9.17, 15) is 4.79 Å². The number of aromatic amines is 2. The number of imidazole rings is 1. The normalized spacial score (nSPS) is 18.2. The molecule has 1 aromatic carbocycles. The van der Waals surface area contributed by atoms with Crippen LogP contribution >= 0.6 is 12.2 Å². The minimum atomic E-state index is -0.164. The molecule has 112 valence electrons. The number of benzene rings is 1. The Morgan fingerprint density at radius 1 is 1.43 bits per heavy atom. The Morgan fingerprint density at radius 2 is 2.29 bits per heavy atom. The maximum Gasteiger partial charge on any atom is 0.250 e. The maximum absolute atomic E-state index is 11.8. The van der Waals surface area contributed by atoms with Crippen molar-refractivity contribution in [2.24, 2.45) is 5.92 Å². The molecule has 6 nitrogen and oxygen atoms in total. The quantitative estimate of drug-likeness (QED) is 0.740. The van der Waals surface area contributed by atoms with Gasteiger partial charge in [-0.3, -0.25) is 4.79 Å². The van der Waals surface area contributed by atoms with Gasteiger partial charge in [0.05, 0.1) is 24.2 Å². The van der Waals surface area contributed by atoms with Crippen LogP contribution in [0, 0.1) is 10.7 Å². The second kappa shape index (κ2) is 6.38. The largest absolute Gasteiger partial charge is 0.381 e. The Kier molecular flexibility index (Phi) is 4.33. The van der Waals surface area contributed by atoms with Gasteiger partial charge in [-0.05, 0) is 36.8 Å². The van der Waals surface area contributed by atoms with E-state index in [0.717, 1.165) is 30.7 Å². The highest BCUT2D eigenvalue weighted by Crippen LogP contribution is 2.16. The van der Waals surface area contributed by atoms with E-state index >= 15 is 0 Å². The fourth-order valence-electron chi connectivity index (χ4n) is 2.34. The van der Waals surface area contributed by atoms with Gasteiger partial charge in [-0.15, -0.1) is 0 Å². The van der Waals surface area contributed by atoms with Crippen LogP contribution in [0.1, 0.15) is 6.42 Å². The maximum atomic E-state index is 11.8. The van der Waals surface area contributed by atoms with Crippen LogP contribution in [-0.2, 0) is 14.3 Å². The van der Waals surface area contributed by atoms with Gasteiger partial charge in [-0.25, -0.2) is 0 Å². The lowest BCUT2D eigenvalue weighted by atomic mass is 10.1. The lowest BCUT2D eigenvalue weighted by Gasteiger charge is -2.09. The van der Waals surface area contributed by atoms with Crippen LogP contribution in [-0.4, -0.2) is 42.3 Å². The Morgan fingerprint density at radius 3 is 3.10 bits per heavy atom. The molecular formula is C14H17N3O3S. The molecule has 0 aliphatic carbocycles. The molecular weight excluding hydrogens is 290 g/mol. The van der Waals surface area contributed by atoms with Crippen molar-refractivity contribution in [2.45, 2.75) is 6.42 Å². The van der Waals surface area contributed by atoms with Gasteiger partial charge >= 0.3 is 0 Å². The smallest absolute Gasteiger partial charge is 0.250 e. The average Bonchev–Trinajstić information content (AvgIpc) is 3.06. The summed E-state index contributed by atoms with van der Waals surface area (Å²) in [5.74, 6) is 0.247. The monoisotopic (exact) mass is 307 g/mol. The summed E-state index contributed by atoms with van der Waals surface area (Å²) in [4.78, 5) is 17.9. The first-order chi connectivity index (χ1) is 10.2. The molecule has 7 heteroatoms. The van der Waals surface area contributed by atoms with Gasteiger partial charge < -0.3 is 24.8 Å². The number of aromatic nitrogens is 2. The molecule has 0 unspecified atom stereocenters.